The molecule has 3 rings (SSSR count). The van der Waals surface area contributed by atoms with E-state index in [0.29, 0.717) is 35.9 Å². The second-order valence-corrected chi connectivity index (χ2v) is 6.17. The zero-order valence-corrected chi connectivity index (χ0v) is 13.8. The number of piperidine rings is 1. The summed E-state index contributed by atoms with van der Waals surface area (Å²) >= 11 is 0. The summed E-state index contributed by atoms with van der Waals surface area (Å²) in [5, 5.41) is 9.48. The van der Waals surface area contributed by atoms with Crippen molar-refractivity contribution in [3.05, 3.63) is 44.6 Å². The van der Waals surface area contributed by atoms with Crippen molar-refractivity contribution in [2.24, 2.45) is 5.92 Å². The van der Waals surface area contributed by atoms with Gasteiger partial charge in [-0.25, -0.2) is 4.79 Å². The molecule has 0 spiro atoms. The van der Waals surface area contributed by atoms with Gasteiger partial charge in [0.05, 0.1) is 16.8 Å². The summed E-state index contributed by atoms with van der Waals surface area (Å²) in [6, 6.07) is 4.53. The van der Waals surface area contributed by atoms with Crippen LogP contribution >= 0.6 is 0 Å². The van der Waals surface area contributed by atoms with E-state index in [2.05, 4.69) is 4.98 Å². The molecule has 2 aromatic rings. The van der Waals surface area contributed by atoms with Crippen molar-refractivity contribution in [3.63, 3.8) is 0 Å². The van der Waals surface area contributed by atoms with Crippen molar-refractivity contribution < 1.29 is 14.7 Å². The number of aromatic nitrogens is 2. The molecule has 0 unspecified atom stereocenters. The first-order chi connectivity index (χ1) is 11.9. The van der Waals surface area contributed by atoms with Crippen molar-refractivity contribution in [2.45, 2.75) is 26.3 Å². The number of fused-ring (bicyclic) bond motifs is 1. The minimum Gasteiger partial charge on any atom is -0.481 e. The van der Waals surface area contributed by atoms with Gasteiger partial charge in [-0.15, -0.1) is 0 Å². The van der Waals surface area contributed by atoms with Gasteiger partial charge in [0.25, 0.3) is 11.5 Å². The van der Waals surface area contributed by atoms with Crippen molar-refractivity contribution in [1.82, 2.24) is 14.5 Å². The van der Waals surface area contributed by atoms with E-state index in [1.54, 1.807) is 6.92 Å². The lowest BCUT2D eigenvalue weighted by atomic mass is 9.97. The Hall–Kier alpha value is -2.90. The Morgan fingerprint density at radius 3 is 2.76 bits per heavy atom. The quantitative estimate of drug-likeness (QED) is 0.848. The molecule has 1 aliphatic heterocycles. The van der Waals surface area contributed by atoms with Crippen molar-refractivity contribution >= 4 is 22.8 Å². The first-order valence-electron chi connectivity index (χ1n) is 8.21. The third kappa shape index (κ3) is 3.07. The Bertz CT molecular complexity index is 959. The van der Waals surface area contributed by atoms with Crippen molar-refractivity contribution in [2.75, 3.05) is 13.1 Å². The SMILES string of the molecule is CCn1c(=O)[nH]c2cc(C(=O)N3CCC[C@@H](C(=O)O)C3)ccc2c1=O. The molecule has 1 aromatic carbocycles. The molecular weight excluding hydrogens is 326 g/mol. The van der Waals surface area contributed by atoms with E-state index in [0.717, 1.165) is 4.57 Å². The number of carbonyl (C=O) groups is 2. The van der Waals surface area contributed by atoms with Crippen LogP contribution in [0.5, 0.6) is 0 Å². The molecule has 2 heterocycles. The summed E-state index contributed by atoms with van der Waals surface area (Å²) in [6.07, 6.45) is 1.19. The number of rotatable bonds is 3. The zero-order valence-electron chi connectivity index (χ0n) is 13.8. The molecule has 8 heteroatoms. The van der Waals surface area contributed by atoms with Crippen LogP contribution in [0.1, 0.15) is 30.1 Å². The molecule has 25 heavy (non-hydrogen) atoms. The van der Waals surface area contributed by atoms with E-state index >= 15 is 0 Å². The molecule has 2 N–H and O–H groups in total. The van der Waals surface area contributed by atoms with Gasteiger partial charge in [-0.3, -0.25) is 19.0 Å². The van der Waals surface area contributed by atoms with Gasteiger partial charge in [0.1, 0.15) is 0 Å². The minimum atomic E-state index is -0.902. The van der Waals surface area contributed by atoms with E-state index in [9.17, 15) is 19.2 Å². The topological polar surface area (TPSA) is 112 Å². The van der Waals surface area contributed by atoms with Gasteiger partial charge >= 0.3 is 11.7 Å². The van der Waals surface area contributed by atoms with Gasteiger partial charge in [0.2, 0.25) is 0 Å². The molecule has 0 radical (unpaired) electrons. The highest BCUT2D eigenvalue weighted by molar-refractivity contribution is 5.97. The largest absolute Gasteiger partial charge is 0.481 e. The molecule has 1 aromatic heterocycles. The normalized spacial score (nSPS) is 17.6. The molecule has 1 saturated heterocycles. The predicted molar refractivity (Wildman–Crippen MR) is 90.8 cm³/mol. The second-order valence-electron chi connectivity index (χ2n) is 6.17. The van der Waals surface area contributed by atoms with Crippen molar-refractivity contribution in [3.8, 4) is 0 Å². The predicted octanol–water partition coefficient (Wildman–Crippen LogP) is 0.646. The molecule has 0 saturated carbocycles. The summed E-state index contributed by atoms with van der Waals surface area (Å²) < 4.78 is 1.09. The Kier molecular flexibility index (Phi) is 4.43. The number of aromatic amines is 1. The number of likely N-dealkylation sites (tertiary alicyclic amines) is 1. The Morgan fingerprint density at radius 2 is 2.08 bits per heavy atom. The summed E-state index contributed by atoms with van der Waals surface area (Å²) in [4.78, 5) is 52.1. The number of carboxylic acids is 1. The number of hydrogen-bond acceptors (Lipinski definition) is 4. The minimum absolute atomic E-state index is 0.167. The van der Waals surface area contributed by atoms with E-state index in [1.165, 1.54) is 23.1 Å². The average Bonchev–Trinajstić information content (AvgIpc) is 2.61. The van der Waals surface area contributed by atoms with Crippen LogP contribution in [0, 0.1) is 5.92 Å². The first-order valence-corrected chi connectivity index (χ1v) is 8.21. The van der Waals surface area contributed by atoms with E-state index in [-0.39, 0.29) is 19.0 Å². The molecule has 1 amide bonds. The first kappa shape index (κ1) is 16.9. The van der Waals surface area contributed by atoms with Crippen LogP contribution in [0.25, 0.3) is 10.9 Å². The van der Waals surface area contributed by atoms with Crippen LogP contribution in [0.2, 0.25) is 0 Å². The van der Waals surface area contributed by atoms with E-state index in [4.69, 9.17) is 5.11 Å². The average molecular weight is 345 g/mol. The summed E-state index contributed by atoms with van der Waals surface area (Å²) in [5.74, 6) is -1.76. The monoisotopic (exact) mass is 345 g/mol. The van der Waals surface area contributed by atoms with Crippen LogP contribution in [0.3, 0.4) is 0 Å². The number of hydrogen-bond donors (Lipinski definition) is 2. The molecule has 1 aliphatic rings. The van der Waals surface area contributed by atoms with Gasteiger partial charge in [-0.05, 0) is 38.0 Å². The van der Waals surface area contributed by atoms with Crippen LogP contribution in [-0.4, -0.2) is 44.5 Å². The van der Waals surface area contributed by atoms with Crippen LogP contribution in [0.15, 0.2) is 27.8 Å². The Morgan fingerprint density at radius 1 is 1.32 bits per heavy atom. The maximum absolute atomic E-state index is 12.7. The third-order valence-electron chi connectivity index (χ3n) is 4.60. The molecule has 1 fully saturated rings. The van der Waals surface area contributed by atoms with E-state index in [1.807, 2.05) is 0 Å². The van der Waals surface area contributed by atoms with E-state index < -0.39 is 23.1 Å². The summed E-state index contributed by atoms with van der Waals surface area (Å²) in [7, 11) is 0. The molecule has 0 bridgehead atoms. The summed E-state index contributed by atoms with van der Waals surface area (Å²) in [5.41, 5.74) is -0.294. The molecular formula is C17H19N3O5. The van der Waals surface area contributed by atoms with Gasteiger partial charge < -0.3 is 15.0 Å². The number of carbonyl (C=O) groups excluding carboxylic acids is 1. The van der Waals surface area contributed by atoms with Gasteiger partial charge in [-0.2, -0.15) is 0 Å². The number of amides is 1. The second kappa shape index (κ2) is 6.54. The molecule has 132 valence electrons. The number of aliphatic carboxylic acids is 1. The highest BCUT2D eigenvalue weighted by Gasteiger charge is 2.28. The highest BCUT2D eigenvalue weighted by Crippen LogP contribution is 2.20. The highest BCUT2D eigenvalue weighted by atomic mass is 16.4. The Labute approximate surface area is 142 Å². The fourth-order valence-corrected chi connectivity index (χ4v) is 3.22. The zero-order chi connectivity index (χ0) is 18.1. The number of carboxylic acid groups (broad SMARTS) is 1. The number of H-pyrrole nitrogens is 1. The lowest BCUT2D eigenvalue weighted by Gasteiger charge is -2.30. The van der Waals surface area contributed by atoms with Crippen LogP contribution < -0.4 is 11.2 Å². The maximum atomic E-state index is 12.7. The molecule has 8 nitrogen and oxygen atoms in total. The molecule has 1 atom stereocenters. The number of benzene rings is 1. The number of nitrogens with one attached hydrogen (secondary N) is 1. The smallest absolute Gasteiger partial charge is 0.328 e. The van der Waals surface area contributed by atoms with Gasteiger partial charge in [0, 0.05) is 25.2 Å². The molecule has 0 aliphatic carbocycles. The van der Waals surface area contributed by atoms with Crippen molar-refractivity contribution in [1.29, 1.82) is 0 Å². The lowest BCUT2D eigenvalue weighted by molar-refractivity contribution is -0.143. The summed E-state index contributed by atoms with van der Waals surface area (Å²) in [6.45, 7) is 2.62. The third-order valence-corrected chi connectivity index (χ3v) is 4.60. The fraction of sp³-hybridized carbons (Fsp3) is 0.412. The van der Waals surface area contributed by atoms with Gasteiger partial charge in [0.15, 0.2) is 0 Å². The van der Waals surface area contributed by atoms with Crippen LogP contribution in [-0.2, 0) is 11.3 Å². The van der Waals surface area contributed by atoms with Crippen LogP contribution in [0.4, 0.5) is 0 Å². The lowest BCUT2D eigenvalue weighted by Crippen LogP contribution is -2.42. The standard InChI is InChI=1S/C17H19N3O5/c1-2-20-15(22)12-6-5-10(8-13(12)18-17(20)25)14(21)19-7-3-4-11(9-19)16(23)24/h5-6,8,11H,2-4,7,9H2,1H3,(H,18,25)(H,23,24)/t11-/m1/s1. The maximum Gasteiger partial charge on any atom is 0.328 e. The number of nitrogens with zero attached hydrogens (tertiary/aromatic N) is 2. The Balaban J connectivity index is 1.96. The van der Waals surface area contributed by atoms with Gasteiger partial charge in [-0.1, -0.05) is 0 Å². The fourth-order valence-electron chi connectivity index (χ4n) is 3.22.